The smallest absolute Gasteiger partial charge is 0.306 e. The summed E-state index contributed by atoms with van der Waals surface area (Å²) < 4.78 is 51.2. The fourth-order valence-electron chi connectivity index (χ4n) is 6.14. The minimum absolute atomic E-state index is 0.156. The first-order chi connectivity index (χ1) is 24.0. The van der Waals surface area contributed by atoms with Crippen molar-refractivity contribution in [3.05, 3.63) is 0 Å². The Balaban J connectivity index is 1.74. The van der Waals surface area contributed by atoms with Gasteiger partial charge in [0.2, 0.25) is 0 Å². The molecule has 0 amide bonds. The third kappa shape index (κ3) is 9.50. The standard InChI is InChI=1S/C30H50O21/c1-5-6-14(33)49-25-23(46-11(4)32)13(8-43-28-21(40)18(37)15(34)9(2)44-28)48-30(50-24-20(39)17(36)12(7-31)47-27(24)42)26(25)51-29-22(41)19(38)16(35)10(3)45-29/h9-10,12-13,15-31,34-42H,5-8H2,1-4H3/t9-,10+,12-,13-,15+,16+,17-,18+,19-,20+,21+,22+,23-,24-,25+,26-,27-,28-,29+,30+/m1/s1. The molecular formula is C30H50O21. The summed E-state index contributed by atoms with van der Waals surface area (Å²) in [7, 11) is 0. The van der Waals surface area contributed by atoms with Crippen molar-refractivity contribution in [2.24, 2.45) is 0 Å². The number of aliphatic hydroxyl groups is 10. The molecule has 0 aromatic heterocycles. The Morgan fingerprint density at radius 2 is 1.16 bits per heavy atom. The Kier molecular flexibility index (Phi) is 14.9. The molecule has 51 heavy (non-hydrogen) atoms. The molecule has 21 nitrogen and oxygen atoms in total. The maximum absolute atomic E-state index is 13.0. The van der Waals surface area contributed by atoms with E-state index in [1.165, 1.54) is 13.8 Å². The minimum Gasteiger partial charge on any atom is -0.456 e. The van der Waals surface area contributed by atoms with Crippen LogP contribution in [0.2, 0.25) is 0 Å². The Morgan fingerprint density at radius 1 is 0.588 bits per heavy atom. The molecule has 0 saturated carbocycles. The molecule has 0 aliphatic carbocycles. The van der Waals surface area contributed by atoms with Crippen LogP contribution in [0.25, 0.3) is 0 Å². The summed E-state index contributed by atoms with van der Waals surface area (Å²) in [4.78, 5) is 25.4. The first-order valence-electron chi connectivity index (χ1n) is 16.6. The predicted molar refractivity (Wildman–Crippen MR) is 159 cm³/mol. The van der Waals surface area contributed by atoms with Crippen molar-refractivity contribution in [2.75, 3.05) is 13.2 Å². The van der Waals surface area contributed by atoms with Gasteiger partial charge in [-0.25, -0.2) is 0 Å². The maximum atomic E-state index is 13.0. The average molecular weight is 747 g/mol. The summed E-state index contributed by atoms with van der Waals surface area (Å²) in [6.07, 6.45) is -33.3. The van der Waals surface area contributed by atoms with E-state index in [1.807, 2.05) is 0 Å². The second-order valence-corrected chi connectivity index (χ2v) is 12.9. The number of carbonyl (C=O) groups excluding carboxylic acids is 2. The normalized spacial score (nSPS) is 47.8. The lowest BCUT2D eigenvalue weighted by molar-refractivity contribution is -0.393. The molecule has 21 heteroatoms. The van der Waals surface area contributed by atoms with E-state index in [0.29, 0.717) is 6.42 Å². The van der Waals surface area contributed by atoms with Crippen LogP contribution in [0.1, 0.15) is 40.5 Å². The van der Waals surface area contributed by atoms with Crippen LogP contribution in [0.4, 0.5) is 0 Å². The second-order valence-electron chi connectivity index (χ2n) is 12.9. The van der Waals surface area contributed by atoms with Crippen molar-refractivity contribution in [2.45, 2.75) is 163 Å². The van der Waals surface area contributed by atoms with Crippen LogP contribution < -0.4 is 0 Å². The summed E-state index contributed by atoms with van der Waals surface area (Å²) in [6.45, 7) is 3.99. The highest BCUT2D eigenvalue weighted by molar-refractivity contribution is 5.70. The Hall–Kier alpha value is -1.74. The fourth-order valence-corrected chi connectivity index (χ4v) is 6.14. The van der Waals surface area contributed by atoms with Crippen LogP contribution in [0.15, 0.2) is 0 Å². The zero-order valence-corrected chi connectivity index (χ0v) is 28.3. The Labute approximate surface area is 292 Å². The Morgan fingerprint density at radius 3 is 1.73 bits per heavy atom. The highest BCUT2D eigenvalue weighted by atomic mass is 16.8. The van der Waals surface area contributed by atoms with E-state index in [4.69, 9.17) is 42.6 Å². The monoisotopic (exact) mass is 746 g/mol. The highest BCUT2D eigenvalue weighted by Gasteiger charge is 2.57. The quantitative estimate of drug-likeness (QED) is 0.0832. The van der Waals surface area contributed by atoms with Crippen LogP contribution in [0.3, 0.4) is 0 Å². The van der Waals surface area contributed by atoms with Gasteiger partial charge in [0, 0.05) is 13.3 Å². The van der Waals surface area contributed by atoms with Crippen molar-refractivity contribution >= 4 is 11.9 Å². The number of ether oxygens (including phenoxy) is 9. The van der Waals surface area contributed by atoms with Crippen molar-refractivity contribution < 1.29 is 103 Å². The molecule has 0 radical (unpaired) electrons. The van der Waals surface area contributed by atoms with Gasteiger partial charge >= 0.3 is 11.9 Å². The van der Waals surface area contributed by atoms with Gasteiger partial charge < -0.3 is 93.7 Å². The van der Waals surface area contributed by atoms with Crippen molar-refractivity contribution in [3.8, 4) is 0 Å². The zero-order valence-electron chi connectivity index (χ0n) is 28.3. The molecule has 0 unspecified atom stereocenters. The predicted octanol–water partition coefficient (Wildman–Crippen LogP) is -5.77. The Bertz CT molecular complexity index is 1130. The van der Waals surface area contributed by atoms with E-state index in [9.17, 15) is 60.7 Å². The molecule has 4 saturated heterocycles. The summed E-state index contributed by atoms with van der Waals surface area (Å²) in [5.74, 6) is -1.77. The minimum atomic E-state index is -2.01. The van der Waals surface area contributed by atoms with Gasteiger partial charge in [0.1, 0.15) is 67.1 Å². The summed E-state index contributed by atoms with van der Waals surface area (Å²) in [6, 6.07) is 0. The SMILES string of the molecule is CCCC(=O)O[C@@H]1[C@@H](O[C@@H]2O[C@@H](C)[C@H](O)[C@@H](O)[C@@H]2O)[C@H](O[C@@H]2[C@@H](O)[C@H](O)[C@@H](CO)O[C@H]2O)O[C@H](CO[C@@H]2O[C@H](C)[C@H](O)[C@H](O)[C@@H]2O)[C@H]1OC(C)=O. The molecule has 4 aliphatic heterocycles. The molecule has 296 valence electrons. The number of aliphatic hydroxyl groups excluding tert-OH is 10. The van der Waals surface area contributed by atoms with Gasteiger partial charge in [-0.3, -0.25) is 9.59 Å². The van der Waals surface area contributed by atoms with E-state index >= 15 is 0 Å². The molecule has 0 aromatic rings. The third-order valence-electron chi connectivity index (χ3n) is 9.08. The second kappa shape index (κ2) is 18.1. The van der Waals surface area contributed by atoms with E-state index < -0.39 is 148 Å². The highest BCUT2D eigenvalue weighted by Crippen LogP contribution is 2.36. The lowest BCUT2D eigenvalue weighted by Gasteiger charge is -2.49. The van der Waals surface area contributed by atoms with Gasteiger partial charge in [-0.05, 0) is 20.3 Å². The molecule has 4 rings (SSSR count). The lowest BCUT2D eigenvalue weighted by atomic mass is 9.96. The summed E-state index contributed by atoms with van der Waals surface area (Å²) in [5, 5.41) is 104. The number of hydrogen-bond acceptors (Lipinski definition) is 21. The first-order valence-corrected chi connectivity index (χ1v) is 16.6. The van der Waals surface area contributed by atoms with Crippen LogP contribution in [-0.4, -0.2) is 199 Å². The number of hydrogen-bond donors (Lipinski definition) is 10. The van der Waals surface area contributed by atoms with Gasteiger partial charge in [0.25, 0.3) is 0 Å². The van der Waals surface area contributed by atoms with Crippen LogP contribution in [0, 0.1) is 0 Å². The van der Waals surface area contributed by atoms with Gasteiger partial charge in [0.05, 0.1) is 25.4 Å². The van der Waals surface area contributed by atoms with Gasteiger partial charge in [-0.2, -0.15) is 0 Å². The van der Waals surface area contributed by atoms with Crippen molar-refractivity contribution in [1.29, 1.82) is 0 Å². The zero-order chi connectivity index (χ0) is 37.9. The van der Waals surface area contributed by atoms with E-state index in [1.54, 1.807) is 6.92 Å². The third-order valence-corrected chi connectivity index (χ3v) is 9.08. The molecular weight excluding hydrogens is 696 g/mol. The number of esters is 2. The largest absolute Gasteiger partial charge is 0.456 e. The van der Waals surface area contributed by atoms with Crippen molar-refractivity contribution in [3.63, 3.8) is 0 Å². The fraction of sp³-hybridized carbons (Fsp3) is 0.933. The molecule has 10 N–H and O–H groups in total. The molecule has 4 heterocycles. The topological polar surface area (TPSA) is 320 Å². The molecule has 0 aromatic carbocycles. The van der Waals surface area contributed by atoms with E-state index in [0.717, 1.165) is 6.92 Å². The van der Waals surface area contributed by atoms with Crippen LogP contribution in [-0.2, 0) is 52.2 Å². The van der Waals surface area contributed by atoms with Gasteiger partial charge in [-0.15, -0.1) is 0 Å². The first kappa shape index (κ1) is 42.0. The van der Waals surface area contributed by atoms with Gasteiger partial charge in [0.15, 0.2) is 43.5 Å². The molecule has 0 bridgehead atoms. The lowest BCUT2D eigenvalue weighted by Crippen LogP contribution is -2.68. The number of carbonyl (C=O) groups is 2. The molecule has 4 aliphatic rings. The summed E-state index contributed by atoms with van der Waals surface area (Å²) >= 11 is 0. The number of rotatable bonds is 12. The van der Waals surface area contributed by atoms with Gasteiger partial charge in [-0.1, -0.05) is 6.92 Å². The summed E-state index contributed by atoms with van der Waals surface area (Å²) in [5.41, 5.74) is 0. The van der Waals surface area contributed by atoms with Crippen LogP contribution in [0.5, 0.6) is 0 Å². The molecule has 20 atom stereocenters. The van der Waals surface area contributed by atoms with E-state index in [-0.39, 0.29) is 6.42 Å². The molecule has 4 fully saturated rings. The van der Waals surface area contributed by atoms with Crippen LogP contribution >= 0.6 is 0 Å². The average Bonchev–Trinajstić information content (AvgIpc) is 3.08. The van der Waals surface area contributed by atoms with E-state index in [2.05, 4.69) is 0 Å². The van der Waals surface area contributed by atoms with Crippen molar-refractivity contribution in [1.82, 2.24) is 0 Å². The maximum Gasteiger partial charge on any atom is 0.306 e. The molecule has 0 spiro atoms.